The molecular formula is C20H9B13ClF2N3O. The smallest absolute Gasteiger partial charge is 0.252 e. The third-order valence-corrected chi connectivity index (χ3v) is 7.32. The summed E-state index contributed by atoms with van der Waals surface area (Å²) in [6.45, 7) is -0.362. The summed E-state index contributed by atoms with van der Waals surface area (Å²) in [6, 6.07) is 5.59. The summed E-state index contributed by atoms with van der Waals surface area (Å²) in [5, 5.41) is -15.0. The summed E-state index contributed by atoms with van der Waals surface area (Å²) in [5.74, 6) is -2.11. The van der Waals surface area contributed by atoms with E-state index in [2.05, 4.69) is 10.3 Å². The van der Waals surface area contributed by atoms with Gasteiger partial charge in [0.2, 0.25) is 0 Å². The summed E-state index contributed by atoms with van der Waals surface area (Å²) in [7, 11) is 78.4. The molecule has 1 N–H and O–H groups in total. The van der Waals surface area contributed by atoms with E-state index in [0.717, 1.165) is 18.2 Å². The van der Waals surface area contributed by atoms with Crippen LogP contribution in [-0.4, -0.2) is 139 Å². The van der Waals surface area contributed by atoms with Gasteiger partial charge in [-0.25, -0.2) is 8.78 Å². The van der Waals surface area contributed by atoms with Crippen LogP contribution in [0.4, 0.5) is 8.78 Å². The second-order valence-electron chi connectivity index (χ2n) is 10.0. The van der Waals surface area contributed by atoms with Crippen LogP contribution in [0.15, 0.2) is 36.5 Å². The molecular weight excluding hydrogens is 512 g/mol. The van der Waals surface area contributed by atoms with E-state index in [1.165, 1.54) is 18.3 Å². The van der Waals surface area contributed by atoms with Crippen LogP contribution in [0.3, 0.4) is 0 Å². The molecule has 3 rings (SSSR count). The quantitative estimate of drug-likeness (QED) is 0.422. The predicted molar refractivity (Wildman–Crippen MR) is 163 cm³/mol. The van der Waals surface area contributed by atoms with Gasteiger partial charge in [-0.15, -0.1) is 5.11 Å². The van der Waals surface area contributed by atoms with Crippen LogP contribution < -0.4 is 5.32 Å². The maximum atomic E-state index is 17.4. The summed E-state index contributed by atoms with van der Waals surface area (Å²) >= 11 is 5.78. The molecule has 1 aromatic heterocycles. The third kappa shape index (κ3) is 4.83. The molecule has 20 heteroatoms. The Kier molecular flexibility index (Phi) is 8.50. The molecule has 1 amide bonds. The molecule has 2 heterocycles. The number of benzene rings is 1. The van der Waals surface area contributed by atoms with Crippen molar-refractivity contribution >= 4 is 120 Å². The first-order valence-corrected chi connectivity index (χ1v) is 11.7. The fourth-order valence-electron chi connectivity index (χ4n) is 4.49. The Morgan fingerprint density at radius 2 is 1.45 bits per heavy atom. The van der Waals surface area contributed by atoms with Gasteiger partial charge in [0, 0.05) is 18.3 Å². The molecule has 0 spiro atoms. The van der Waals surface area contributed by atoms with Crippen LogP contribution in [0.1, 0.15) is 21.6 Å². The number of amides is 1. The molecule has 1 saturated heterocycles. The van der Waals surface area contributed by atoms with E-state index in [-0.39, 0.29) is 28.3 Å². The number of rotatable bonds is 6. The minimum atomic E-state index is -3.71. The second kappa shape index (κ2) is 10.2. The van der Waals surface area contributed by atoms with Gasteiger partial charge in [-0.1, -0.05) is 28.1 Å². The number of hydrogen-bond acceptors (Lipinski definition) is 3. The first-order chi connectivity index (χ1) is 17.9. The Hall–Kier alpha value is -1.21. The summed E-state index contributed by atoms with van der Waals surface area (Å²) < 4.78 is 31.1. The Morgan fingerprint density at radius 3 is 1.88 bits per heavy atom. The Morgan fingerprint density at radius 1 is 0.925 bits per heavy atom. The van der Waals surface area contributed by atoms with Crippen molar-refractivity contribution in [3.05, 3.63) is 64.2 Å². The number of piperidine rings is 1. The van der Waals surface area contributed by atoms with Crippen LogP contribution in [0, 0.1) is 5.82 Å². The number of nitrogens with zero attached hydrogens (tertiary/aromatic N) is 2. The highest BCUT2D eigenvalue weighted by molar-refractivity contribution is 6.64. The topological polar surface area (TPSA) is 45.2 Å². The van der Waals surface area contributed by atoms with Crippen molar-refractivity contribution in [2.75, 3.05) is 0 Å². The standard InChI is InChI=1S/C20H9B13ClF2N3O/c21-14(22,23)9-2-3-10(37-6-9)7-38-18(28,29)15(36)16(24,25)19(30,31)39(20(32,33)17(15,26)27)13(40)8-1-4-12(35)11(34)5-8/h1-6,38H,7H2. The molecule has 1 fully saturated rings. The number of alkyl halides is 1. The monoisotopic (exact) mass is 523 g/mol. The fourth-order valence-corrected chi connectivity index (χ4v) is 4.67. The van der Waals surface area contributed by atoms with Gasteiger partial charge in [0.15, 0.2) is 0 Å². The van der Waals surface area contributed by atoms with E-state index >= 15 is 4.39 Å². The predicted octanol–water partition coefficient (Wildman–Crippen LogP) is -2.68. The number of halogens is 3. The highest BCUT2D eigenvalue weighted by Gasteiger charge is 2.73. The molecule has 0 saturated carbocycles. The van der Waals surface area contributed by atoms with Gasteiger partial charge in [0.25, 0.3) is 5.91 Å². The van der Waals surface area contributed by atoms with Crippen LogP contribution >= 0.6 is 11.6 Å². The zero-order chi connectivity index (χ0) is 30.9. The Balaban J connectivity index is 2.08. The lowest BCUT2D eigenvalue weighted by Gasteiger charge is -2.79. The van der Waals surface area contributed by atoms with E-state index in [1.807, 2.05) is 0 Å². The fraction of sp³-hybridized carbons (Fsp3) is 0.400. The van der Waals surface area contributed by atoms with Crippen LogP contribution in [0.2, 0.25) is 15.5 Å². The molecule has 170 valence electrons. The second-order valence-corrected chi connectivity index (χ2v) is 10.4. The number of aromatic nitrogens is 1. The van der Waals surface area contributed by atoms with E-state index in [1.54, 1.807) is 0 Å². The molecule has 1 aromatic carbocycles. The highest BCUT2D eigenvalue weighted by atomic mass is 35.5. The maximum absolute atomic E-state index is 17.4. The lowest BCUT2D eigenvalue weighted by Crippen LogP contribution is -2.89. The van der Waals surface area contributed by atoms with E-state index in [9.17, 15) is 9.18 Å². The number of likely N-dealkylation sites (tertiary alicyclic amines) is 1. The van der Waals surface area contributed by atoms with Crippen molar-refractivity contribution < 1.29 is 13.6 Å². The number of carbonyl (C=O) groups excluding carboxylic acids is 1. The summed E-state index contributed by atoms with van der Waals surface area (Å²) in [5.41, 5.74) is -3.59. The Labute approximate surface area is 255 Å². The van der Waals surface area contributed by atoms with Gasteiger partial charge in [0.1, 0.15) is 5.82 Å². The Bertz CT molecular complexity index is 1280. The van der Waals surface area contributed by atoms with Crippen molar-refractivity contribution in [3.63, 3.8) is 0 Å². The van der Waals surface area contributed by atoms with E-state index < -0.39 is 54.0 Å². The number of carbonyl (C=O) groups is 1. The van der Waals surface area contributed by atoms with Gasteiger partial charge >= 0.3 is 0 Å². The van der Waals surface area contributed by atoms with Crippen molar-refractivity contribution in [3.8, 4) is 0 Å². The molecule has 4 nitrogen and oxygen atoms in total. The van der Waals surface area contributed by atoms with Gasteiger partial charge in [-0.3, -0.25) is 9.78 Å². The zero-order valence-electron chi connectivity index (χ0n) is 21.1. The molecule has 0 atom stereocenters. The molecule has 26 radical (unpaired) electrons. The summed E-state index contributed by atoms with van der Waals surface area (Å²) in [6.07, 6.45) is 1.25. The largest absolute Gasteiger partial charge is 0.363 e. The van der Waals surface area contributed by atoms with Crippen LogP contribution in [-0.2, 0) is 11.7 Å². The van der Waals surface area contributed by atoms with Crippen molar-refractivity contribution in [1.82, 2.24) is 15.2 Å². The molecule has 40 heavy (non-hydrogen) atoms. The van der Waals surface area contributed by atoms with Crippen LogP contribution in [0.25, 0.3) is 0 Å². The zero-order valence-corrected chi connectivity index (χ0v) is 21.9. The van der Waals surface area contributed by atoms with Gasteiger partial charge in [-0.2, -0.15) is 0 Å². The van der Waals surface area contributed by atoms with Crippen molar-refractivity contribution in [2.45, 2.75) is 43.8 Å². The molecule has 1 aliphatic rings. The molecule has 1 aliphatic heterocycles. The normalized spacial score (nSPS) is 20.9. The average Bonchev–Trinajstić information content (AvgIpc) is 2.82. The van der Waals surface area contributed by atoms with Gasteiger partial charge in [-0.05, 0) is 45.8 Å². The van der Waals surface area contributed by atoms with E-state index in [0.29, 0.717) is 0 Å². The lowest BCUT2D eigenvalue weighted by atomic mass is 9.11. The summed E-state index contributed by atoms with van der Waals surface area (Å²) in [4.78, 5) is 17.8. The SMILES string of the molecule is [B]C([B])([B])c1ccc(CNC([B])([B])C2(F)C([B])([B])C([B])([B])N(C(=O)c3ccc(F)c(Cl)c3)C([B])([B])C2([B])[B])nc1. The lowest BCUT2D eigenvalue weighted by molar-refractivity contribution is -0.0348. The van der Waals surface area contributed by atoms with Crippen LogP contribution in [0.5, 0.6) is 0 Å². The van der Waals surface area contributed by atoms with E-state index in [4.69, 9.17) is 114 Å². The van der Waals surface area contributed by atoms with Crippen molar-refractivity contribution in [2.24, 2.45) is 0 Å². The van der Waals surface area contributed by atoms with Gasteiger partial charge < -0.3 is 10.2 Å². The number of hydrogen-bond donors (Lipinski definition) is 1. The maximum Gasteiger partial charge on any atom is 0.252 e. The minimum absolute atomic E-state index is 0.218. The molecule has 0 bridgehead atoms. The first-order valence-electron chi connectivity index (χ1n) is 11.3. The molecule has 0 unspecified atom stereocenters. The number of nitrogens with one attached hydrogen (secondary N) is 1. The molecule has 2 aromatic rings. The first kappa shape index (κ1) is 33.3. The minimum Gasteiger partial charge on any atom is -0.363 e. The molecule has 0 aliphatic carbocycles. The number of pyridine rings is 1. The van der Waals surface area contributed by atoms with Gasteiger partial charge in [0.05, 0.1) is 118 Å². The average molecular weight is 521 g/mol. The van der Waals surface area contributed by atoms with Crippen molar-refractivity contribution in [1.29, 1.82) is 0 Å². The highest BCUT2D eigenvalue weighted by Crippen LogP contribution is 2.67. The third-order valence-electron chi connectivity index (χ3n) is 7.03.